The molecule has 0 aromatic heterocycles. The zero-order valence-electron chi connectivity index (χ0n) is 15.2. The Morgan fingerprint density at radius 3 is 2.41 bits per heavy atom. The smallest absolute Gasteiger partial charge is 0.161 e. The summed E-state index contributed by atoms with van der Waals surface area (Å²) in [5.41, 5.74) is 1.57. The highest BCUT2D eigenvalue weighted by Crippen LogP contribution is 2.29. The first-order valence-corrected chi connectivity index (χ1v) is 8.30. The number of nitrogens with one attached hydrogen (secondary N) is 2. The molecule has 152 valence electrons. The van der Waals surface area contributed by atoms with Gasteiger partial charge in [0.2, 0.25) is 0 Å². The molecule has 0 bridgehead atoms. The molecule has 0 aliphatic rings. The first-order chi connectivity index (χ1) is 12.2. The number of methoxy groups -OCH3 is 1. The van der Waals surface area contributed by atoms with Crippen molar-refractivity contribution in [2.45, 2.75) is 13.2 Å². The average Bonchev–Trinajstić information content (AvgIpc) is 2.64. The molecule has 0 fully saturated rings. The SMILES string of the molecule is COc1cc(CNCCNCCO)ccc1OCc1ccccc1F.Cl.Cl. The summed E-state index contributed by atoms with van der Waals surface area (Å²) < 4.78 is 24.7. The molecule has 27 heavy (non-hydrogen) atoms. The van der Waals surface area contributed by atoms with Gasteiger partial charge in [0.25, 0.3) is 0 Å². The van der Waals surface area contributed by atoms with Crippen molar-refractivity contribution in [3.63, 3.8) is 0 Å². The summed E-state index contributed by atoms with van der Waals surface area (Å²) in [4.78, 5) is 0. The Morgan fingerprint density at radius 2 is 1.70 bits per heavy atom. The second kappa shape index (κ2) is 14.5. The van der Waals surface area contributed by atoms with Gasteiger partial charge in [0, 0.05) is 31.7 Å². The molecule has 2 aromatic carbocycles. The molecule has 0 atom stereocenters. The summed E-state index contributed by atoms with van der Waals surface area (Å²) in [5, 5.41) is 15.1. The third-order valence-corrected chi connectivity index (χ3v) is 3.67. The Morgan fingerprint density at radius 1 is 0.963 bits per heavy atom. The van der Waals surface area contributed by atoms with Crippen molar-refractivity contribution in [1.82, 2.24) is 10.6 Å². The Labute approximate surface area is 172 Å². The maximum Gasteiger partial charge on any atom is 0.161 e. The van der Waals surface area contributed by atoms with Crippen molar-refractivity contribution in [2.24, 2.45) is 0 Å². The van der Waals surface area contributed by atoms with E-state index in [4.69, 9.17) is 14.6 Å². The van der Waals surface area contributed by atoms with Crippen LogP contribution >= 0.6 is 24.8 Å². The van der Waals surface area contributed by atoms with Gasteiger partial charge < -0.3 is 25.2 Å². The lowest BCUT2D eigenvalue weighted by molar-refractivity contribution is 0.279. The standard InChI is InChI=1S/C19H25FN2O3.2ClH/c1-24-19-12-15(13-22-9-8-21-10-11-23)6-7-18(19)25-14-16-4-2-3-5-17(16)20;;/h2-7,12,21-23H,8-11,13-14H2,1H3;2*1H. The monoisotopic (exact) mass is 420 g/mol. The Kier molecular flexibility index (Phi) is 13.6. The van der Waals surface area contributed by atoms with Gasteiger partial charge in [-0.25, -0.2) is 4.39 Å². The molecule has 0 amide bonds. The van der Waals surface area contributed by atoms with Crippen molar-refractivity contribution >= 4 is 24.8 Å². The van der Waals surface area contributed by atoms with E-state index < -0.39 is 0 Å². The van der Waals surface area contributed by atoms with E-state index >= 15 is 0 Å². The van der Waals surface area contributed by atoms with Crippen LogP contribution in [-0.2, 0) is 13.2 Å². The van der Waals surface area contributed by atoms with Gasteiger partial charge >= 0.3 is 0 Å². The van der Waals surface area contributed by atoms with Gasteiger partial charge in [-0.15, -0.1) is 24.8 Å². The largest absolute Gasteiger partial charge is 0.493 e. The highest BCUT2D eigenvalue weighted by atomic mass is 35.5. The fourth-order valence-electron chi connectivity index (χ4n) is 2.33. The van der Waals surface area contributed by atoms with Crippen LogP contribution in [0.1, 0.15) is 11.1 Å². The molecular formula is C19H27Cl2FN2O3. The minimum Gasteiger partial charge on any atom is -0.493 e. The van der Waals surface area contributed by atoms with E-state index in [9.17, 15) is 4.39 Å². The number of aliphatic hydroxyl groups excluding tert-OH is 1. The normalized spacial score (nSPS) is 9.89. The maximum absolute atomic E-state index is 13.7. The van der Waals surface area contributed by atoms with Crippen LogP contribution in [0.15, 0.2) is 42.5 Å². The molecule has 3 N–H and O–H groups in total. The molecule has 0 aliphatic carbocycles. The van der Waals surface area contributed by atoms with Gasteiger partial charge in [0.1, 0.15) is 12.4 Å². The first-order valence-electron chi connectivity index (χ1n) is 8.30. The predicted molar refractivity (Wildman–Crippen MR) is 110 cm³/mol. The molecule has 0 unspecified atom stereocenters. The van der Waals surface area contributed by atoms with Crippen molar-refractivity contribution in [1.29, 1.82) is 0 Å². The average molecular weight is 421 g/mol. The molecule has 0 saturated heterocycles. The summed E-state index contributed by atoms with van der Waals surface area (Å²) in [6, 6.07) is 12.2. The van der Waals surface area contributed by atoms with Gasteiger partial charge in [-0.2, -0.15) is 0 Å². The molecule has 2 rings (SSSR count). The Balaban J connectivity index is 0.00000338. The minimum absolute atomic E-state index is 0. The van der Waals surface area contributed by atoms with E-state index in [1.165, 1.54) is 6.07 Å². The van der Waals surface area contributed by atoms with Crippen LogP contribution in [-0.4, -0.2) is 38.5 Å². The van der Waals surface area contributed by atoms with Crippen LogP contribution in [0.3, 0.4) is 0 Å². The highest BCUT2D eigenvalue weighted by Gasteiger charge is 2.08. The molecular weight excluding hydrogens is 394 g/mol. The van der Waals surface area contributed by atoms with Crippen molar-refractivity contribution in [3.05, 3.63) is 59.4 Å². The number of hydrogen-bond acceptors (Lipinski definition) is 5. The van der Waals surface area contributed by atoms with Crippen LogP contribution in [0.5, 0.6) is 11.5 Å². The van der Waals surface area contributed by atoms with Crippen LogP contribution in [0.2, 0.25) is 0 Å². The van der Waals surface area contributed by atoms with Crippen LogP contribution < -0.4 is 20.1 Å². The minimum atomic E-state index is -0.280. The van der Waals surface area contributed by atoms with E-state index in [2.05, 4.69) is 10.6 Å². The fraction of sp³-hybridized carbons (Fsp3) is 0.368. The van der Waals surface area contributed by atoms with Gasteiger partial charge in [0.15, 0.2) is 11.5 Å². The fourth-order valence-corrected chi connectivity index (χ4v) is 2.33. The second-order valence-electron chi connectivity index (χ2n) is 5.52. The first kappa shape index (κ1) is 25.4. The quantitative estimate of drug-likeness (QED) is 0.487. The van der Waals surface area contributed by atoms with Crippen LogP contribution in [0.25, 0.3) is 0 Å². The number of hydrogen-bond donors (Lipinski definition) is 3. The summed E-state index contributed by atoms with van der Waals surface area (Å²) in [6.45, 7) is 3.19. The van der Waals surface area contributed by atoms with Crippen molar-refractivity contribution in [2.75, 3.05) is 33.4 Å². The van der Waals surface area contributed by atoms with E-state index in [0.717, 1.165) is 18.7 Å². The van der Waals surface area contributed by atoms with Gasteiger partial charge in [-0.3, -0.25) is 0 Å². The molecule has 0 saturated carbocycles. The summed E-state index contributed by atoms with van der Waals surface area (Å²) >= 11 is 0. The van der Waals surface area contributed by atoms with Gasteiger partial charge in [-0.1, -0.05) is 24.3 Å². The Hall–Kier alpha value is -1.57. The predicted octanol–water partition coefficient (Wildman–Crippen LogP) is 2.93. The number of benzene rings is 2. The molecule has 8 heteroatoms. The van der Waals surface area contributed by atoms with E-state index in [-0.39, 0.29) is 43.8 Å². The van der Waals surface area contributed by atoms with Crippen molar-refractivity contribution < 1.29 is 19.0 Å². The van der Waals surface area contributed by atoms with Crippen LogP contribution in [0.4, 0.5) is 4.39 Å². The number of rotatable bonds is 11. The maximum atomic E-state index is 13.7. The highest BCUT2D eigenvalue weighted by molar-refractivity contribution is 5.85. The van der Waals surface area contributed by atoms with E-state index in [0.29, 0.717) is 30.2 Å². The third-order valence-electron chi connectivity index (χ3n) is 3.67. The number of ether oxygens (including phenoxy) is 2. The third kappa shape index (κ3) is 8.77. The summed E-state index contributed by atoms with van der Waals surface area (Å²) in [6.07, 6.45) is 0. The van der Waals surface area contributed by atoms with Gasteiger partial charge in [-0.05, 0) is 23.8 Å². The van der Waals surface area contributed by atoms with E-state index in [1.807, 2.05) is 18.2 Å². The lowest BCUT2D eigenvalue weighted by atomic mass is 10.2. The molecule has 2 aromatic rings. The Bertz CT molecular complexity index is 663. The molecule has 0 spiro atoms. The topological polar surface area (TPSA) is 62.8 Å². The number of halogens is 3. The molecule has 5 nitrogen and oxygen atoms in total. The molecule has 0 heterocycles. The number of aliphatic hydroxyl groups is 1. The lowest BCUT2D eigenvalue weighted by Gasteiger charge is -2.13. The zero-order valence-corrected chi connectivity index (χ0v) is 16.9. The zero-order chi connectivity index (χ0) is 17.9. The van der Waals surface area contributed by atoms with Gasteiger partial charge in [0.05, 0.1) is 13.7 Å². The molecule has 0 aliphatic heterocycles. The molecule has 0 radical (unpaired) electrons. The van der Waals surface area contributed by atoms with Crippen LogP contribution in [0, 0.1) is 5.82 Å². The van der Waals surface area contributed by atoms with Crippen molar-refractivity contribution in [3.8, 4) is 11.5 Å². The summed E-state index contributed by atoms with van der Waals surface area (Å²) in [5.74, 6) is 0.922. The second-order valence-corrected chi connectivity index (χ2v) is 5.52. The summed E-state index contributed by atoms with van der Waals surface area (Å²) in [7, 11) is 1.58. The lowest BCUT2D eigenvalue weighted by Crippen LogP contribution is -2.28. The van der Waals surface area contributed by atoms with E-state index in [1.54, 1.807) is 25.3 Å².